The van der Waals surface area contributed by atoms with Crippen molar-refractivity contribution in [1.82, 2.24) is 5.32 Å². The Kier molecular flexibility index (Phi) is 5.40. The molecule has 1 aromatic rings. The number of hydrogen-bond donors (Lipinski definition) is 1. The Balaban J connectivity index is 1.81. The van der Waals surface area contributed by atoms with Gasteiger partial charge < -0.3 is 10.1 Å². The number of carbonyl (C=O) groups excluding carboxylic acids is 1. The van der Waals surface area contributed by atoms with Crippen molar-refractivity contribution in [3.8, 4) is 0 Å². The molecule has 2 unspecified atom stereocenters. The fraction of sp³-hybridized carbons (Fsp3) is 0.667. The normalized spacial score (nSPS) is 23.3. The van der Waals surface area contributed by atoms with Crippen molar-refractivity contribution < 1.29 is 9.53 Å². The van der Waals surface area contributed by atoms with E-state index < -0.39 is 0 Å². The number of nitrogens with one attached hydrogen (secondary N) is 1. The van der Waals surface area contributed by atoms with E-state index in [9.17, 15) is 4.79 Å². The Labute approximate surface area is 119 Å². The monoisotopic (exact) mass is 281 g/mol. The van der Waals surface area contributed by atoms with Gasteiger partial charge in [-0.3, -0.25) is 4.79 Å². The van der Waals surface area contributed by atoms with Gasteiger partial charge in [0.25, 0.3) is 0 Å². The number of aryl methyl sites for hydroxylation is 1. The second-order valence-corrected chi connectivity index (χ2v) is 6.22. The fourth-order valence-electron chi connectivity index (χ4n) is 2.67. The number of ether oxygens (including phenoxy) is 1. The largest absolute Gasteiger partial charge is 0.466 e. The van der Waals surface area contributed by atoms with Crippen molar-refractivity contribution in [3.63, 3.8) is 0 Å². The summed E-state index contributed by atoms with van der Waals surface area (Å²) in [6.07, 6.45) is 4.18. The van der Waals surface area contributed by atoms with Crippen molar-refractivity contribution in [2.75, 3.05) is 6.61 Å². The summed E-state index contributed by atoms with van der Waals surface area (Å²) in [6, 6.07) is 2.61. The molecule has 1 fully saturated rings. The number of hydrogen-bond acceptors (Lipinski definition) is 4. The molecule has 19 heavy (non-hydrogen) atoms. The molecule has 0 aromatic carbocycles. The van der Waals surface area contributed by atoms with Gasteiger partial charge >= 0.3 is 5.97 Å². The summed E-state index contributed by atoms with van der Waals surface area (Å²) in [5.41, 5.74) is 1.36. The lowest BCUT2D eigenvalue weighted by atomic mass is 9.85. The quantitative estimate of drug-likeness (QED) is 0.842. The van der Waals surface area contributed by atoms with E-state index in [1.807, 2.05) is 6.92 Å². The van der Waals surface area contributed by atoms with Crippen LogP contribution >= 0.6 is 11.3 Å². The third-order valence-electron chi connectivity index (χ3n) is 3.81. The molecule has 0 aliphatic heterocycles. The molecule has 2 atom stereocenters. The zero-order valence-electron chi connectivity index (χ0n) is 11.8. The third kappa shape index (κ3) is 4.05. The highest BCUT2D eigenvalue weighted by molar-refractivity contribution is 7.10. The summed E-state index contributed by atoms with van der Waals surface area (Å²) < 4.78 is 5.13. The molecular formula is C15H23NO2S. The molecule has 4 heteroatoms. The smallest absolute Gasteiger partial charge is 0.308 e. The predicted molar refractivity (Wildman–Crippen MR) is 78.3 cm³/mol. The topological polar surface area (TPSA) is 38.3 Å². The number of thiophene rings is 1. The highest BCUT2D eigenvalue weighted by atomic mass is 32.1. The molecule has 1 aliphatic rings. The van der Waals surface area contributed by atoms with Crippen LogP contribution in [0.1, 0.15) is 43.0 Å². The first-order valence-electron chi connectivity index (χ1n) is 7.13. The molecule has 1 N–H and O–H groups in total. The summed E-state index contributed by atoms with van der Waals surface area (Å²) >= 11 is 1.80. The van der Waals surface area contributed by atoms with Crippen molar-refractivity contribution in [2.45, 2.75) is 52.1 Å². The second-order valence-electron chi connectivity index (χ2n) is 5.22. The maximum absolute atomic E-state index is 11.8. The van der Waals surface area contributed by atoms with Crippen LogP contribution in [-0.2, 0) is 16.1 Å². The first-order valence-corrected chi connectivity index (χ1v) is 8.01. The standard InChI is InChI=1S/C15H23NO2S/c1-3-18-15(17)12-5-4-6-13(9-12)16-10-14-11(2)7-8-19-14/h7-8,12-13,16H,3-6,9-10H2,1-2H3. The van der Waals surface area contributed by atoms with E-state index >= 15 is 0 Å². The van der Waals surface area contributed by atoms with Gasteiger partial charge in [0.15, 0.2) is 0 Å². The minimum absolute atomic E-state index is 0.0127. The van der Waals surface area contributed by atoms with Crippen LogP contribution in [0.4, 0.5) is 0 Å². The van der Waals surface area contributed by atoms with Crippen molar-refractivity contribution >= 4 is 17.3 Å². The van der Waals surface area contributed by atoms with Crippen LogP contribution in [-0.4, -0.2) is 18.6 Å². The molecule has 106 valence electrons. The van der Waals surface area contributed by atoms with Gasteiger partial charge in [0.2, 0.25) is 0 Å². The lowest BCUT2D eigenvalue weighted by molar-refractivity contribution is -0.149. The van der Waals surface area contributed by atoms with Gasteiger partial charge in [-0.25, -0.2) is 0 Å². The summed E-state index contributed by atoms with van der Waals surface area (Å²) in [7, 11) is 0. The van der Waals surface area contributed by atoms with Gasteiger partial charge in [-0.05, 0) is 50.1 Å². The molecule has 1 aliphatic carbocycles. The predicted octanol–water partition coefficient (Wildman–Crippen LogP) is 3.27. The van der Waals surface area contributed by atoms with Gasteiger partial charge in [-0.1, -0.05) is 6.42 Å². The van der Waals surface area contributed by atoms with Crippen LogP contribution in [0.15, 0.2) is 11.4 Å². The van der Waals surface area contributed by atoms with Crippen LogP contribution < -0.4 is 5.32 Å². The molecule has 1 aromatic heterocycles. The first kappa shape index (κ1) is 14.5. The average Bonchev–Trinajstić information content (AvgIpc) is 2.82. The van der Waals surface area contributed by atoms with Crippen LogP contribution in [0.25, 0.3) is 0 Å². The van der Waals surface area contributed by atoms with Crippen molar-refractivity contribution in [1.29, 1.82) is 0 Å². The SMILES string of the molecule is CCOC(=O)C1CCCC(NCc2sccc2C)C1. The summed E-state index contributed by atoms with van der Waals surface area (Å²) in [5.74, 6) is 0.0805. The van der Waals surface area contributed by atoms with Crippen molar-refractivity contribution in [3.05, 3.63) is 21.9 Å². The molecule has 3 nitrogen and oxygen atoms in total. The first-order chi connectivity index (χ1) is 9.20. The molecule has 2 rings (SSSR count). The van der Waals surface area contributed by atoms with Crippen molar-refractivity contribution in [2.24, 2.45) is 5.92 Å². The molecule has 0 spiro atoms. The van der Waals surface area contributed by atoms with Crippen LogP contribution in [0.2, 0.25) is 0 Å². The number of rotatable bonds is 5. The minimum atomic E-state index is -0.0127. The maximum atomic E-state index is 11.8. The van der Waals surface area contributed by atoms with Gasteiger partial charge in [0.1, 0.15) is 0 Å². The highest BCUT2D eigenvalue weighted by Gasteiger charge is 2.27. The van der Waals surface area contributed by atoms with E-state index in [-0.39, 0.29) is 11.9 Å². The maximum Gasteiger partial charge on any atom is 0.308 e. The Morgan fingerprint density at radius 2 is 2.37 bits per heavy atom. The van der Waals surface area contributed by atoms with Gasteiger partial charge in [0, 0.05) is 17.5 Å². The molecular weight excluding hydrogens is 258 g/mol. The molecule has 0 bridgehead atoms. The minimum Gasteiger partial charge on any atom is -0.466 e. The highest BCUT2D eigenvalue weighted by Crippen LogP contribution is 2.26. The number of carbonyl (C=O) groups is 1. The Morgan fingerprint density at radius 1 is 1.53 bits per heavy atom. The van der Waals surface area contributed by atoms with Gasteiger partial charge in [0.05, 0.1) is 12.5 Å². The molecule has 0 amide bonds. The fourth-order valence-corrected chi connectivity index (χ4v) is 3.53. The lowest BCUT2D eigenvalue weighted by Gasteiger charge is -2.28. The Bertz CT molecular complexity index is 416. The van der Waals surface area contributed by atoms with Gasteiger partial charge in [-0.2, -0.15) is 0 Å². The van der Waals surface area contributed by atoms with E-state index in [1.54, 1.807) is 11.3 Å². The van der Waals surface area contributed by atoms with E-state index in [1.165, 1.54) is 16.9 Å². The zero-order valence-corrected chi connectivity index (χ0v) is 12.6. The lowest BCUT2D eigenvalue weighted by Crippen LogP contribution is -2.36. The summed E-state index contributed by atoms with van der Waals surface area (Å²) in [5, 5.41) is 5.73. The molecule has 1 saturated carbocycles. The van der Waals surface area contributed by atoms with E-state index in [4.69, 9.17) is 4.74 Å². The average molecular weight is 281 g/mol. The second kappa shape index (κ2) is 7.06. The van der Waals surface area contributed by atoms with Crippen LogP contribution in [0, 0.1) is 12.8 Å². The van der Waals surface area contributed by atoms with Crippen LogP contribution in [0.5, 0.6) is 0 Å². The molecule has 0 saturated heterocycles. The van der Waals surface area contributed by atoms with Crippen LogP contribution in [0.3, 0.4) is 0 Å². The molecule has 1 heterocycles. The van der Waals surface area contributed by atoms with E-state index in [0.717, 1.165) is 25.8 Å². The Hall–Kier alpha value is -0.870. The summed E-state index contributed by atoms with van der Waals surface area (Å²) in [6.45, 7) is 5.43. The zero-order chi connectivity index (χ0) is 13.7. The number of esters is 1. The summed E-state index contributed by atoms with van der Waals surface area (Å²) in [4.78, 5) is 13.2. The van der Waals surface area contributed by atoms with E-state index in [0.29, 0.717) is 12.6 Å². The molecule has 0 radical (unpaired) electrons. The van der Waals surface area contributed by atoms with E-state index in [2.05, 4.69) is 23.7 Å². The third-order valence-corrected chi connectivity index (χ3v) is 4.84. The Morgan fingerprint density at radius 3 is 3.05 bits per heavy atom. The van der Waals surface area contributed by atoms with Gasteiger partial charge in [-0.15, -0.1) is 11.3 Å².